The first kappa shape index (κ1) is 22.5. The molecule has 2 nitrogen and oxygen atoms in total. The van der Waals surface area contributed by atoms with Crippen molar-refractivity contribution in [1.82, 2.24) is 0 Å². The largest absolute Gasteiger partial charge is 0.462 e. The summed E-state index contributed by atoms with van der Waals surface area (Å²) >= 11 is 0. The van der Waals surface area contributed by atoms with Gasteiger partial charge in [0.25, 0.3) is 0 Å². The molecule has 0 heterocycles. The standard InChI is InChI=1S/C24H38O2/c1-3-5-7-9-12-16-22(17-13-10-8-6-4-2)20-21-26-24(25)23-18-14-11-15-19-23/h11,14-16,18-19H,3-10,12-13,17,20-21H2,1-2H3/b22-16+. The molecule has 0 aromatic heterocycles. The Balaban J connectivity index is 2.36. The molecule has 0 atom stereocenters. The molecule has 146 valence electrons. The van der Waals surface area contributed by atoms with Gasteiger partial charge in [0.2, 0.25) is 0 Å². The maximum atomic E-state index is 12.0. The fourth-order valence-electron chi connectivity index (χ4n) is 3.09. The van der Waals surface area contributed by atoms with E-state index in [4.69, 9.17) is 4.74 Å². The number of hydrogen-bond donors (Lipinski definition) is 0. The molecule has 0 spiro atoms. The van der Waals surface area contributed by atoms with Gasteiger partial charge in [0.15, 0.2) is 0 Å². The molecule has 26 heavy (non-hydrogen) atoms. The molecule has 0 amide bonds. The lowest BCUT2D eigenvalue weighted by atomic mass is 10.0. The summed E-state index contributed by atoms with van der Waals surface area (Å²) in [6, 6.07) is 9.26. The van der Waals surface area contributed by atoms with Crippen molar-refractivity contribution in [3.8, 4) is 0 Å². The minimum atomic E-state index is -0.212. The molecule has 0 saturated carbocycles. The monoisotopic (exact) mass is 358 g/mol. The lowest BCUT2D eigenvalue weighted by molar-refractivity contribution is 0.0508. The van der Waals surface area contributed by atoms with Crippen LogP contribution in [0.3, 0.4) is 0 Å². The van der Waals surface area contributed by atoms with Crippen LogP contribution in [0, 0.1) is 0 Å². The maximum Gasteiger partial charge on any atom is 0.338 e. The fraction of sp³-hybridized carbons (Fsp3) is 0.625. The SMILES string of the molecule is CCCCCC/C=C(\CCCCCCC)CCOC(=O)c1ccccc1. The third-order valence-corrected chi connectivity index (χ3v) is 4.76. The van der Waals surface area contributed by atoms with E-state index in [-0.39, 0.29) is 5.97 Å². The summed E-state index contributed by atoms with van der Waals surface area (Å²) in [7, 11) is 0. The van der Waals surface area contributed by atoms with Crippen LogP contribution in [0.15, 0.2) is 42.0 Å². The van der Waals surface area contributed by atoms with E-state index in [1.165, 1.54) is 63.4 Å². The molecular formula is C24H38O2. The smallest absolute Gasteiger partial charge is 0.338 e. The van der Waals surface area contributed by atoms with Gasteiger partial charge >= 0.3 is 5.97 Å². The summed E-state index contributed by atoms with van der Waals surface area (Å²) in [6.07, 6.45) is 17.3. The van der Waals surface area contributed by atoms with E-state index >= 15 is 0 Å². The quantitative estimate of drug-likeness (QED) is 0.184. The van der Waals surface area contributed by atoms with E-state index in [0.29, 0.717) is 12.2 Å². The van der Waals surface area contributed by atoms with Crippen molar-refractivity contribution in [2.75, 3.05) is 6.61 Å². The van der Waals surface area contributed by atoms with Crippen LogP contribution in [0.25, 0.3) is 0 Å². The van der Waals surface area contributed by atoms with Crippen LogP contribution in [0.1, 0.15) is 101 Å². The number of carbonyl (C=O) groups excluding carboxylic acids is 1. The molecule has 2 heteroatoms. The normalized spacial score (nSPS) is 11.5. The Bertz CT molecular complexity index is 490. The Morgan fingerprint density at radius 1 is 0.846 bits per heavy atom. The summed E-state index contributed by atoms with van der Waals surface area (Å²) in [5, 5.41) is 0. The summed E-state index contributed by atoms with van der Waals surface area (Å²) in [6.45, 7) is 4.99. The van der Waals surface area contributed by atoms with Gasteiger partial charge < -0.3 is 4.74 Å². The molecular weight excluding hydrogens is 320 g/mol. The molecule has 1 aromatic carbocycles. The average Bonchev–Trinajstić information content (AvgIpc) is 2.67. The molecule has 0 fully saturated rings. The minimum absolute atomic E-state index is 0.212. The second kappa shape index (κ2) is 15.7. The number of allylic oxidation sites excluding steroid dienone is 1. The second-order valence-corrected chi connectivity index (χ2v) is 7.13. The van der Waals surface area contributed by atoms with Gasteiger partial charge in [-0.05, 0) is 37.8 Å². The number of carbonyl (C=O) groups is 1. The third-order valence-electron chi connectivity index (χ3n) is 4.76. The summed E-state index contributed by atoms with van der Waals surface area (Å²) in [4.78, 5) is 12.0. The van der Waals surface area contributed by atoms with Crippen LogP contribution in [0.2, 0.25) is 0 Å². The molecule has 0 aliphatic rings. The predicted molar refractivity (Wildman–Crippen MR) is 112 cm³/mol. The fourth-order valence-corrected chi connectivity index (χ4v) is 3.09. The first-order valence-electron chi connectivity index (χ1n) is 10.7. The van der Waals surface area contributed by atoms with Gasteiger partial charge in [-0.1, -0.05) is 88.6 Å². The Morgan fingerprint density at radius 2 is 1.50 bits per heavy atom. The van der Waals surface area contributed by atoms with Crippen LogP contribution in [-0.2, 0) is 4.74 Å². The van der Waals surface area contributed by atoms with E-state index in [9.17, 15) is 4.79 Å². The zero-order chi connectivity index (χ0) is 18.9. The number of hydrogen-bond acceptors (Lipinski definition) is 2. The lowest BCUT2D eigenvalue weighted by Gasteiger charge is -2.10. The van der Waals surface area contributed by atoms with E-state index in [1.54, 1.807) is 12.1 Å². The molecule has 1 aromatic rings. The number of ether oxygens (including phenoxy) is 1. The highest BCUT2D eigenvalue weighted by Crippen LogP contribution is 2.17. The minimum Gasteiger partial charge on any atom is -0.462 e. The molecule has 1 rings (SSSR count). The van der Waals surface area contributed by atoms with E-state index in [0.717, 1.165) is 19.3 Å². The highest BCUT2D eigenvalue weighted by Gasteiger charge is 2.06. The van der Waals surface area contributed by atoms with Crippen molar-refractivity contribution in [3.05, 3.63) is 47.5 Å². The van der Waals surface area contributed by atoms with Crippen molar-refractivity contribution >= 4 is 5.97 Å². The van der Waals surface area contributed by atoms with Crippen molar-refractivity contribution in [3.63, 3.8) is 0 Å². The number of esters is 1. The summed E-state index contributed by atoms with van der Waals surface area (Å²) in [5.41, 5.74) is 2.11. The van der Waals surface area contributed by atoms with Gasteiger partial charge in [0.1, 0.15) is 0 Å². The van der Waals surface area contributed by atoms with Crippen molar-refractivity contribution < 1.29 is 9.53 Å². The first-order valence-corrected chi connectivity index (χ1v) is 10.7. The van der Waals surface area contributed by atoms with Gasteiger partial charge in [-0.25, -0.2) is 4.79 Å². The van der Waals surface area contributed by atoms with Crippen LogP contribution >= 0.6 is 0 Å². The molecule has 0 aliphatic carbocycles. The zero-order valence-corrected chi connectivity index (χ0v) is 17.0. The lowest BCUT2D eigenvalue weighted by Crippen LogP contribution is -2.07. The van der Waals surface area contributed by atoms with Crippen LogP contribution in [0.5, 0.6) is 0 Å². The van der Waals surface area contributed by atoms with E-state index in [1.807, 2.05) is 18.2 Å². The Hall–Kier alpha value is -1.57. The van der Waals surface area contributed by atoms with Gasteiger partial charge in [-0.15, -0.1) is 0 Å². The summed E-state index contributed by atoms with van der Waals surface area (Å²) < 4.78 is 5.47. The highest BCUT2D eigenvalue weighted by atomic mass is 16.5. The molecule has 0 bridgehead atoms. The van der Waals surface area contributed by atoms with Crippen molar-refractivity contribution in [2.24, 2.45) is 0 Å². The molecule has 0 unspecified atom stereocenters. The Kier molecular flexibility index (Phi) is 13.5. The second-order valence-electron chi connectivity index (χ2n) is 7.13. The van der Waals surface area contributed by atoms with Crippen molar-refractivity contribution in [1.29, 1.82) is 0 Å². The van der Waals surface area contributed by atoms with Crippen molar-refractivity contribution in [2.45, 2.75) is 90.9 Å². The van der Waals surface area contributed by atoms with E-state index in [2.05, 4.69) is 19.9 Å². The van der Waals surface area contributed by atoms with Crippen LogP contribution in [-0.4, -0.2) is 12.6 Å². The number of benzene rings is 1. The zero-order valence-electron chi connectivity index (χ0n) is 17.0. The van der Waals surface area contributed by atoms with Gasteiger partial charge in [-0.2, -0.15) is 0 Å². The Morgan fingerprint density at radius 3 is 2.19 bits per heavy atom. The highest BCUT2D eigenvalue weighted by molar-refractivity contribution is 5.89. The maximum absolute atomic E-state index is 12.0. The summed E-state index contributed by atoms with van der Waals surface area (Å²) in [5.74, 6) is -0.212. The molecule has 0 aliphatic heterocycles. The first-order chi connectivity index (χ1) is 12.8. The number of rotatable bonds is 15. The molecule has 0 radical (unpaired) electrons. The van der Waals surface area contributed by atoms with Crippen LogP contribution in [0.4, 0.5) is 0 Å². The van der Waals surface area contributed by atoms with E-state index < -0.39 is 0 Å². The topological polar surface area (TPSA) is 26.3 Å². The van der Waals surface area contributed by atoms with Gasteiger partial charge in [0, 0.05) is 6.42 Å². The average molecular weight is 359 g/mol. The third kappa shape index (κ3) is 11.1. The predicted octanol–water partition coefficient (Wildman–Crippen LogP) is 7.49. The molecule has 0 N–H and O–H groups in total. The molecule has 0 saturated heterocycles. The Labute approximate surface area is 161 Å². The number of unbranched alkanes of at least 4 members (excludes halogenated alkanes) is 8. The van der Waals surface area contributed by atoms with Gasteiger partial charge in [-0.3, -0.25) is 0 Å². The van der Waals surface area contributed by atoms with Crippen LogP contribution < -0.4 is 0 Å². The van der Waals surface area contributed by atoms with Gasteiger partial charge in [0.05, 0.1) is 12.2 Å².